The van der Waals surface area contributed by atoms with Crippen molar-refractivity contribution in [3.63, 3.8) is 0 Å². The molecule has 2 aromatic carbocycles. The summed E-state index contributed by atoms with van der Waals surface area (Å²) in [4.78, 5) is 0. The van der Waals surface area contributed by atoms with E-state index in [0.29, 0.717) is 11.5 Å². The lowest BCUT2D eigenvalue weighted by atomic mass is 9.86. The second kappa shape index (κ2) is 5.04. The highest BCUT2D eigenvalue weighted by Crippen LogP contribution is 2.40. The molecule has 3 rings (SSSR count). The second-order valence-corrected chi connectivity index (χ2v) is 5.40. The molecule has 0 saturated carbocycles. The van der Waals surface area contributed by atoms with Crippen molar-refractivity contribution in [3.8, 4) is 11.5 Å². The van der Waals surface area contributed by atoms with Crippen LogP contribution in [0, 0.1) is 0 Å². The van der Waals surface area contributed by atoms with Crippen LogP contribution in [0.3, 0.4) is 0 Å². The molecule has 1 aliphatic carbocycles. The van der Waals surface area contributed by atoms with Crippen molar-refractivity contribution in [1.82, 2.24) is 0 Å². The minimum absolute atomic E-state index is 0.279. The highest BCUT2D eigenvalue weighted by Gasteiger charge is 2.22. The highest BCUT2D eigenvalue weighted by molar-refractivity contribution is 5.73. The van der Waals surface area contributed by atoms with Crippen LogP contribution in [0.25, 0.3) is 5.57 Å². The normalized spacial score (nSPS) is 18.4. The van der Waals surface area contributed by atoms with Crippen molar-refractivity contribution in [2.24, 2.45) is 0 Å². The molecule has 102 valence electrons. The molecule has 0 spiro atoms. The van der Waals surface area contributed by atoms with Gasteiger partial charge in [0.2, 0.25) is 0 Å². The molecule has 2 nitrogen and oxygen atoms in total. The third-order valence-corrected chi connectivity index (χ3v) is 4.09. The summed E-state index contributed by atoms with van der Waals surface area (Å²) in [5.74, 6) is 0.888. The Balaban J connectivity index is 2.00. The van der Waals surface area contributed by atoms with Gasteiger partial charge in [-0.1, -0.05) is 24.8 Å². The molecule has 0 aromatic heterocycles. The number of fused-ring (bicyclic) bond motifs is 1. The van der Waals surface area contributed by atoms with E-state index < -0.39 is 0 Å². The van der Waals surface area contributed by atoms with E-state index >= 15 is 0 Å². The Bertz CT molecular complexity index is 641. The molecular formula is C18H18O2. The van der Waals surface area contributed by atoms with Gasteiger partial charge in [0.1, 0.15) is 11.5 Å². The van der Waals surface area contributed by atoms with Crippen LogP contribution >= 0.6 is 0 Å². The Labute approximate surface area is 119 Å². The molecule has 1 atom stereocenters. The lowest BCUT2D eigenvalue weighted by Gasteiger charge is -2.19. The first-order chi connectivity index (χ1) is 9.65. The molecule has 0 amide bonds. The van der Waals surface area contributed by atoms with Crippen LogP contribution in [0.1, 0.15) is 35.4 Å². The van der Waals surface area contributed by atoms with Gasteiger partial charge in [-0.15, -0.1) is 0 Å². The van der Waals surface area contributed by atoms with Crippen LogP contribution in [-0.2, 0) is 6.42 Å². The number of hydrogen-bond donors (Lipinski definition) is 2. The second-order valence-electron chi connectivity index (χ2n) is 5.40. The molecular weight excluding hydrogens is 248 g/mol. The monoisotopic (exact) mass is 266 g/mol. The number of aryl methyl sites for hydroxylation is 1. The number of phenols is 2. The number of aromatic hydroxyl groups is 2. The first-order valence-corrected chi connectivity index (χ1v) is 6.95. The zero-order valence-electron chi connectivity index (χ0n) is 11.3. The summed E-state index contributed by atoms with van der Waals surface area (Å²) in [5, 5.41) is 19.0. The minimum atomic E-state index is 0.279. The first kappa shape index (κ1) is 12.8. The average molecular weight is 266 g/mol. The average Bonchev–Trinajstić information content (AvgIpc) is 2.59. The SMILES string of the molecule is C=C1c2ccc(O)cc2CCCC1c1ccc(O)cc1. The number of rotatable bonds is 1. The Morgan fingerprint density at radius 1 is 0.950 bits per heavy atom. The van der Waals surface area contributed by atoms with Crippen LogP contribution in [0.2, 0.25) is 0 Å². The van der Waals surface area contributed by atoms with Gasteiger partial charge in [-0.3, -0.25) is 0 Å². The van der Waals surface area contributed by atoms with E-state index in [1.54, 1.807) is 18.2 Å². The van der Waals surface area contributed by atoms with E-state index in [1.165, 1.54) is 11.1 Å². The predicted molar refractivity (Wildman–Crippen MR) is 80.9 cm³/mol. The lowest BCUT2D eigenvalue weighted by molar-refractivity contribution is 0.474. The van der Waals surface area contributed by atoms with Crippen molar-refractivity contribution in [2.45, 2.75) is 25.2 Å². The highest BCUT2D eigenvalue weighted by atomic mass is 16.3. The fourth-order valence-corrected chi connectivity index (χ4v) is 3.03. The van der Waals surface area contributed by atoms with E-state index in [1.807, 2.05) is 24.3 Å². The molecule has 1 unspecified atom stereocenters. The summed E-state index contributed by atoms with van der Waals surface area (Å²) in [6.07, 6.45) is 3.08. The topological polar surface area (TPSA) is 40.5 Å². The van der Waals surface area contributed by atoms with Gasteiger partial charge in [-0.05, 0) is 65.8 Å². The summed E-state index contributed by atoms with van der Waals surface area (Å²) in [6, 6.07) is 12.9. The number of benzene rings is 2. The van der Waals surface area contributed by atoms with E-state index in [4.69, 9.17) is 0 Å². The van der Waals surface area contributed by atoms with E-state index in [0.717, 1.165) is 30.4 Å². The summed E-state index contributed by atoms with van der Waals surface area (Å²) >= 11 is 0. The number of phenolic OH excluding ortho intramolecular Hbond substituents is 2. The zero-order chi connectivity index (χ0) is 14.1. The van der Waals surface area contributed by atoms with Crippen LogP contribution < -0.4 is 0 Å². The van der Waals surface area contributed by atoms with Gasteiger partial charge in [-0.2, -0.15) is 0 Å². The van der Waals surface area contributed by atoms with Crippen molar-refractivity contribution in [3.05, 3.63) is 65.7 Å². The Morgan fingerprint density at radius 2 is 1.65 bits per heavy atom. The van der Waals surface area contributed by atoms with Crippen molar-refractivity contribution < 1.29 is 10.2 Å². The summed E-state index contributed by atoms with van der Waals surface area (Å²) in [5.41, 5.74) is 4.62. The molecule has 2 N–H and O–H groups in total. The first-order valence-electron chi connectivity index (χ1n) is 6.95. The van der Waals surface area contributed by atoms with Gasteiger partial charge in [0, 0.05) is 5.92 Å². The van der Waals surface area contributed by atoms with Gasteiger partial charge >= 0.3 is 0 Å². The fraction of sp³-hybridized carbons (Fsp3) is 0.222. The third-order valence-electron chi connectivity index (χ3n) is 4.09. The predicted octanol–water partition coefficient (Wildman–Crippen LogP) is 4.23. The molecule has 0 radical (unpaired) electrons. The van der Waals surface area contributed by atoms with Crippen molar-refractivity contribution in [1.29, 1.82) is 0 Å². The van der Waals surface area contributed by atoms with E-state index in [-0.39, 0.29) is 5.92 Å². The molecule has 0 bridgehead atoms. The minimum Gasteiger partial charge on any atom is -0.508 e. The maximum absolute atomic E-state index is 9.62. The van der Waals surface area contributed by atoms with Gasteiger partial charge in [0.05, 0.1) is 0 Å². The molecule has 2 heteroatoms. The fourth-order valence-electron chi connectivity index (χ4n) is 3.03. The number of allylic oxidation sites excluding steroid dienone is 1. The molecule has 1 aliphatic rings. The van der Waals surface area contributed by atoms with Crippen LogP contribution in [0.5, 0.6) is 11.5 Å². The molecule has 20 heavy (non-hydrogen) atoms. The van der Waals surface area contributed by atoms with Crippen LogP contribution in [0.15, 0.2) is 49.0 Å². The van der Waals surface area contributed by atoms with Gasteiger partial charge in [0.25, 0.3) is 0 Å². The maximum atomic E-state index is 9.62. The lowest BCUT2D eigenvalue weighted by Crippen LogP contribution is -2.00. The van der Waals surface area contributed by atoms with Crippen molar-refractivity contribution in [2.75, 3.05) is 0 Å². The van der Waals surface area contributed by atoms with Gasteiger partial charge in [-0.25, -0.2) is 0 Å². The van der Waals surface area contributed by atoms with Gasteiger partial charge in [0.15, 0.2) is 0 Å². The molecule has 2 aromatic rings. The number of hydrogen-bond acceptors (Lipinski definition) is 2. The smallest absolute Gasteiger partial charge is 0.115 e. The van der Waals surface area contributed by atoms with Crippen LogP contribution in [-0.4, -0.2) is 10.2 Å². The largest absolute Gasteiger partial charge is 0.508 e. The summed E-state index contributed by atoms with van der Waals surface area (Å²) in [6.45, 7) is 4.28. The summed E-state index contributed by atoms with van der Waals surface area (Å²) < 4.78 is 0. The summed E-state index contributed by atoms with van der Waals surface area (Å²) in [7, 11) is 0. The maximum Gasteiger partial charge on any atom is 0.115 e. The Morgan fingerprint density at radius 3 is 2.40 bits per heavy atom. The van der Waals surface area contributed by atoms with Gasteiger partial charge < -0.3 is 10.2 Å². The van der Waals surface area contributed by atoms with Crippen molar-refractivity contribution >= 4 is 5.57 Å². The third kappa shape index (κ3) is 2.29. The standard InChI is InChI=1S/C18H18O2/c1-12-17(13-5-7-15(19)8-6-13)4-2-3-14-11-16(20)9-10-18(12)14/h5-11,17,19-20H,1-4H2. The Kier molecular flexibility index (Phi) is 3.23. The zero-order valence-corrected chi connectivity index (χ0v) is 11.3. The van der Waals surface area contributed by atoms with Crippen LogP contribution in [0.4, 0.5) is 0 Å². The molecule has 0 aliphatic heterocycles. The van der Waals surface area contributed by atoms with E-state index in [2.05, 4.69) is 6.58 Å². The van der Waals surface area contributed by atoms with E-state index in [9.17, 15) is 10.2 Å². The Hall–Kier alpha value is -2.22. The molecule has 0 heterocycles. The quantitative estimate of drug-likeness (QED) is 0.758. The molecule has 0 fully saturated rings. The molecule has 0 saturated heterocycles.